The molecule has 1 aromatic heterocycles. The van der Waals surface area contributed by atoms with Crippen LogP contribution in [0.4, 0.5) is 10.6 Å². The number of nitrogen functional groups attached to an aromatic ring is 1. The Morgan fingerprint density at radius 1 is 1.53 bits per heavy atom. The fourth-order valence-electron chi connectivity index (χ4n) is 1.46. The van der Waals surface area contributed by atoms with Gasteiger partial charge in [0.1, 0.15) is 12.4 Å². The zero-order valence-electron chi connectivity index (χ0n) is 11.1. The number of carbonyl (C=O) groups is 2. The van der Waals surface area contributed by atoms with Gasteiger partial charge in [-0.25, -0.2) is 9.48 Å². The predicted molar refractivity (Wildman–Crippen MR) is 69.4 cm³/mol. The maximum absolute atomic E-state index is 11.3. The van der Waals surface area contributed by atoms with Gasteiger partial charge in [-0.05, 0) is 6.92 Å². The average Bonchev–Trinajstić information content (AvgIpc) is 2.70. The molecule has 4 N–H and O–H groups in total. The molecule has 0 saturated heterocycles. The van der Waals surface area contributed by atoms with Crippen LogP contribution < -0.4 is 16.4 Å². The van der Waals surface area contributed by atoms with Gasteiger partial charge in [0.25, 0.3) is 0 Å². The van der Waals surface area contributed by atoms with E-state index in [0.717, 1.165) is 0 Å². The van der Waals surface area contributed by atoms with Crippen LogP contribution in [0.15, 0.2) is 6.07 Å². The highest BCUT2D eigenvalue weighted by atomic mass is 16.5. The second kappa shape index (κ2) is 7.24. The summed E-state index contributed by atoms with van der Waals surface area (Å²) in [5.41, 5.74) is 6.44. The molecule has 106 valence electrons. The molecule has 0 fully saturated rings. The number of esters is 1. The summed E-state index contributed by atoms with van der Waals surface area (Å²) >= 11 is 0. The molecule has 0 saturated carbocycles. The van der Waals surface area contributed by atoms with Gasteiger partial charge in [0, 0.05) is 26.1 Å². The quantitative estimate of drug-likeness (QED) is 0.603. The largest absolute Gasteiger partial charge is 0.465 e. The second-order valence-electron chi connectivity index (χ2n) is 3.78. The molecule has 0 aromatic carbocycles. The van der Waals surface area contributed by atoms with Crippen molar-refractivity contribution in [2.75, 3.05) is 25.9 Å². The maximum atomic E-state index is 11.3. The Labute approximate surface area is 111 Å². The van der Waals surface area contributed by atoms with Crippen LogP contribution >= 0.6 is 0 Å². The molecular formula is C11H19N5O3. The lowest BCUT2D eigenvalue weighted by Crippen LogP contribution is -2.34. The number of hydrogen-bond donors (Lipinski definition) is 3. The second-order valence-corrected chi connectivity index (χ2v) is 3.78. The van der Waals surface area contributed by atoms with E-state index in [9.17, 15) is 9.59 Å². The van der Waals surface area contributed by atoms with Crippen LogP contribution in [0, 0.1) is 0 Å². The summed E-state index contributed by atoms with van der Waals surface area (Å²) in [6.45, 7) is 2.49. The number of anilines is 1. The van der Waals surface area contributed by atoms with Crippen molar-refractivity contribution in [3.05, 3.63) is 11.8 Å². The Balaban J connectivity index is 2.49. The lowest BCUT2D eigenvalue weighted by atomic mass is 10.3. The minimum absolute atomic E-state index is 0.0114. The average molecular weight is 269 g/mol. The van der Waals surface area contributed by atoms with Crippen molar-refractivity contribution in [2.45, 2.75) is 19.9 Å². The van der Waals surface area contributed by atoms with Crippen LogP contribution in [0.2, 0.25) is 0 Å². The van der Waals surface area contributed by atoms with E-state index >= 15 is 0 Å². The van der Waals surface area contributed by atoms with Crippen molar-refractivity contribution in [3.8, 4) is 0 Å². The van der Waals surface area contributed by atoms with Crippen molar-refractivity contribution in [1.29, 1.82) is 0 Å². The third kappa shape index (κ3) is 4.86. The fraction of sp³-hybridized carbons (Fsp3) is 0.545. The number of hydrogen-bond acceptors (Lipinski definition) is 5. The van der Waals surface area contributed by atoms with E-state index in [1.807, 2.05) is 0 Å². The van der Waals surface area contributed by atoms with Crippen LogP contribution in [0.1, 0.15) is 12.6 Å². The third-order valence-corrected chi connectivity index (χ3v) is 2.34. The Morgan fingerprint density at radius 3 is 2.89 bits per heavy atom. The van der Waals surface area contributed by atoms with Gasteiger partial charge >= 0.3 is 12.0 Å². The first kappa shape index (κ1) is 14.8. The Kier molecular flexibility index (Phi) is 5.65. The number of ether oxygens (including phenoxy) is 1. The van der Waals surface area contributed by atoms with Gasteiger partial charge in [-0.2, -0.15) is 5.10 Å². The minimum Gasteiger partial charge on any atom is -0.465 e. The van der Waals surface area contributed by atoms with Crippen molar-refractivity contribution in [1.82, 2.24) is 20.4 Å². The molecule has 1 aromatic rings. The molecule has 0 spiro atoms. The zero-order valence-corrected chi connectivity index (χ0v) is 11.1. The molecule has 2 amide bonds. The highest BCUT2D eigenvalue weighted by Crippen LogP contribution is 2.07. The minimum atomic E-state index is -0.382. The lowest BCUT2D eigenvalue weighted by molar-refractivity contribution is -0.144. The van der Waals surface area contributed by atoms with Gasteiger partial charge in [-0.15, -0.1) is 0 Å². The predicted octanol–water partition coefficient (Wildman–Crippen LogP) is -0.500. The van der Waals surface area contributed by atoms with Crippen molar-refractivity contribution >= 4 is 17.8 Å². The fourth-order valence-corrected chi connectivity index (χ4v) is 1.46. The Bertz CT molecular complexity index is 444. The molecule has 0 atom stereocenters. The number of amides is 2. The summed E-state index contributed by atoms with van der Waals surface area (Å²) in [6.07, 6.45) is 0.535. The van der Waals surface area contributed by atoms with Crippen LogP contribution in [0.5, 0.6) is 0 Å². The van der Waals surface area contributed by atoms with Crippen molar-refractivity contribution < 1.29 is 14.3 Å². The topological polar surface area (TPSA) is 111 Å². The molecule has 0 aliphatic rings. The van der Waals surface area contributed by atoms with Crippen molar-refractivity contribution in [3.63, 3.8) is 0 Å². The van der Waals surface area contributed by atoms with Gasteiger partial charge in [0.15, 0.2) is 0 Å². The summed E-state index contributed by atoms with van der Waals surface area (Å²) in [5.74, 6) is 0.00957. The van der Waals surface area contributed by atoms with Crippen LogP contribution in [0.25, 0.3) is 0 Å². The Hall–Kier alpha value is -2.25. The normalized spacial score (nSPS) is 10.0. The van der Waals surface area contributed by atoms with Gasteiger partial charge in [-0.3, -0.25) is 4.79 Å². The molecule has 0 bridgehead atoms. The standard InChI is InChI=1S/C11H19N5O3/c1-3-19-10(17)7-16-9(12)6-8(15-16)4-5-14-11(18)13-2/h6H,3-5,7,12H2,1-2H3,(H2,13,14,18). The molecule has 1 rings (SSSR count). The molecule has 0 aliphatic carbocycles. The first-order valence-electron chi connectivity index (χ1n) is 6.00. The highest BCUT2D eigenvalue weighted by molar-refractivity contribution is 5.73. The monoisotopic (exact) mass is 269 g/mol. The molecule has 0 radical (unpaired) electrons. The molecule has 0 unspecified atom stereocenters. The lowest BCUT2D eigenvalue weighted by Gasteiger charge is -2.03. The van der Waals surface area contributed by atoms with Crippen molar-refractivity contribution in [2.24, 2.45) is 0 Å². The first-order chi connectivity index (χ1) is 9.06. The van der Waals surface area contributed by atoms with E-state index in [1.54, 1.807) is 20.0 Å². The smallest absolute Gasteiger partial charge is 0.327 e. The number of nitrogens with one attached hydrogen (secondary N) is 2. The van der Waals surface area contributed by atoms with E-state index in [1.165, 1.54) is 4.68 Å². The highest BCUT2D eigenvalue weighted by Gasteiger charge is 2.10. The zero-order chi connectivity index (χ0) is 14.3. The third-order valence-electron chi connectivity index (χ3n) is 2.34. The van der Waals surface area contributed by atoms with Crippen LogP contribution in [0.3, 0.4) is 0 Å². The molecule has 8 heteroatoms. The van der Waals surface area contributed by atoms with E-state index in [2.05, 4.69) is 15.7 Å². The van der Waals surface area contributed by atoms with Gasteiger partial charge in [0.2, 0.25) is 0 Å². The Morgan fingerprint density at radius 2 is 2.26 bits per heavy atom. The summed E-state index contributed by atoms with van der Waals surface area (Å²) in [5, 5.41) is 9.26. The molecule has 0 aliphatic heterocycles. The first-order valence-corrected chi connectivity index (χ1v) is 6.00. The number of nitrogens with zero attached hydrogens (tertiary/aromatic N) is 2. The summed E-state index contributed by atoms with van der Waals surface area (Å²) in [7, 11) is 1.54. The van der Waals surface area contributed by atoms with Gasteiger partial charge in [-0.1, -0.05) is 0 Å². The molecule has 19 heavy (non-hydrogen) atoms. The van der Waals surface area contributed by atoms with Crippen LogP contribution in [-0.2, 0) is 22.5 Å². The number of carbonyl (C=O) groups excluding carboxylic acids is 2. The number of nitrogens with two attached hydrogens (primary N) is 1. The molecule has 1 heterocycles. The van der Waals surface area contributed by atoms with E-state index in [0.29, 0.717) is 31.1 Å². The van der Waals surface area contributed by atoms with E-state index in [4.69, 9.17) is 10.5 Å². The summed E-state index contributed by atoms with van der Waals surface area (Å²) in [6, 6.07) is 1.42. The SMILES string of the molecule is CCOC(=O)Cn1nc(CCNC(=O)NC)cc1N. The number of aromatic nitrogens is 2. The molecular weight excluding hydrogens is 250 g/mol. The van der Waals surface area contributed by atoms with Gasteiger partial charge < -0.3 is 21.1 Å². The number of rotatable bonds is 6. The number of urea groups is 1. The maximum Gasteiger partial charge on any atom is 0.327 e. The van der Waals surface area contributed by atoms with Crippen LogP contribution in [-0.4, -0.2) is 42.0 Å². The van der Waals surface area contributed by atoms with E-state index in [-0.39, 0.29) is 18.5 Å². The molecule has 8 nitrogen and oxygen atoms in total. The van der Waals surface area contributed by atoms with Gasteiger partial charge in [0.05, 0.1) is 12.3 Å². The summed E-state index contributed by atoms with van der Waals surface area (Å²) in [4.78, 5) is 22.3. The van der Waals surface area contributed by atoms with E-state index < -0.39 is 0 Å². The summed E-state index contributed by atoms with van der Waals surface area (Å²) < 4.78 is 6.20.